The van der Waals surface area contributed by atoms with Gasteiger partial charge in [-0.15, -0.1) is 0 Å². The fraction of sp³-hybridized carbons (Fsp3) is 0.188. The first-order valence-electron chi connectivity index (χ1n) is 6.65. The standard InChI is InChI=1S/C16H17NO3S/c1-3-16(18)13-6-8-14(9-7-13)17-21(19,20)15-10-4-12(2)5-11-15/h4-11,17H,3H2,1-2H3. The molecular formula is C16H17NO3S. The predicted molar refractivity (Wildman–Crippen MR) is 83.1 cm³/mol. The number of sulfonamides is 1. The summed E-state index contributed by atoms with van der Waals surface area (Å²) in [6.45, 7) is 3.68. The van der Waals surface area contributed by atoms with E-state index in [0.29, 0.717) is 17.7 Å². The van der Waals surface area contributed by atoms with Crippen molar-refractivity contribution < 1.29 is 13.2 Å². The number of carbonyl (C=O) groups excluding carboxylic acids is 1. The van der Waals surface area contributed by atoms with Crippen LogP contribution in [0.5, 0.6) is 0 Å². The van der Waals surface area contributed by atoms with Gasteiger partial charge in [-0.2, -0.15) is 0 Å². The Hall–Kier alpha value is -2.14. The van der Waals surface area contributed by atoms with Crippen molar-refractivity contribution in [2.75, 3.05) is 4.72 Å². The number of anilines is 1. The van der Waals surface area contributed by atoms with E-state index in [-0.39, 0.29) is 10.7 Å². The summed E-state index contributed by atoms with van der Waals surface area (Å²) in [5.41, 5.74) is 2.01. The molecule has 0 saturated heterocycles. The summed E-state index contributed by atoms with van der Waals surface area (Å²) in [5, 5.41) is 0. The molecule has 110 valence electrons. The summed E-state index contributed by atoms with van der Waals surface area (Å²) in [4.78, 5) is 11.7. The number of carbonyl (C=O) groups is 1. The number of nitrogens with one attached hydrogen (secondary N) is 1. The summed E-state index contributed by atoms with van der Waals surface area (Å²) in [5.74, 6) is 0.0305. The minimum atomic E-state index is -3.60. The lowest BCUT2D eigenvalue weighted by molar-refractivity contribution is 0.0988. The zero-order valence-corrected chi connectivity index (χ0v) is 12.8. The van der Waals surface area contributed by atoms with E-state index >= 15 is 0 Å². The fourth-order valence-corrected chi connectivity index (χ4v) is 2.92. The summed E-state index contributed by atoms with van der Waals surface area (Å²) in [6.07, 6.45) is 0.425. The van der Waals surface area contributed by atoms with Crippen molar-refractivity contribution in [3.05, 3.63) is 59.7 Å². The van der Waals surface area contributed by atoms with Crippen LogP contribution in [0.25, 0.3) is 0 Å². The normalized spacial score (nSPS) is 11.1. The Morgan fingerprint density at radius 3 is 2.10 bits per heavy atom. The van der Waals surface area contributed by atoms with E-state index in [1.807, 2.05) is 6.92 Å². The summed E-state index contributed by atoms with van der Waals surface area (Å²) >= 11 is 0. The maximum Gasteiger partial charge on any atom is 0.261 e. The second kappa shape index (κ2) is 6.10. The highest BCUT2D eigenvalue weighted by molar-refractivity contribution is 7.92. The van der Waals surface area contributed by atoms with Crippen molar-refractivity contribution in [2.45, 2.75) is 25.2 Å². The third kappa shape index (κ3) is 3.70. The molecule has 0 aliphatic carbocycles. The molecule has 5 heteroatoms. The fourth-order valence-electron chi connectivity index (χ4n) is 1.86. The van der Waals surface area contributed by atoms with Crippen molar-refractivity contribution in [3.63, 3.8) is 0 Å². The first kappa shape index (κ1) is 15.3. The highest BCUT2D eigenvalue weighted by Crippen LogP contribution is 2.17. The van der Waals surface area contributed by atoms with Crippen LogP contribution in [0, 0.1) is 6.92 Å². The molecule has 0 heterocycles. The molecule has 2 rings (SSSR count). The molecule has 0 aromatic heterocycles. The Labute approximate surface area is 124 Å². The van der Waals surface area contributed by atoms with Gasteiger partial charge in [0.25, 0.3) is 10.0 Å². The summed E-state index contributed by atoms with van der Waals surface area (Å²) < 4.78 is 26.9. The van der Waals surface area contributed by atoms with E-state index in [0.717, 1.165) is 5.56 Å². The van der Waals surface area contributed by atoms with Crippen LogP contribution in [0.2, 0.25) is 0 Å². The van der Waals surface area contributed by atoms with E-state index in [4.69, 9.17) is 0 Å². The van der Waals surface area contributed by atoms with Gasteiger partial charge in [0.15, 0.2) is 5.78 Å². The minimum absolute atomic E-state index is 0.0305. The molecule has 1 N–H and O–H groups in total. The molecule has 0 aliphatic heterocycles. The van der Waals surface area contributed by atoms with Gasteiger partial charge in [-0.25, -0.2) is 8.42 Å². The van der Waals surface area contributed by atoms with Gasteiger partial charge in [0.1, 0.15) is 0 Å². The SMILES string of the molecule is CCC(=O)c1ccc(NS(=O)(=O)c2ccc(C)cc2)cc1. The average Bonchev–Trinajstić information content (AvgIpc) is 2.47. The number of benzene rings is 2. The Bertz CT molecular complexity index is 732. The number of ketones is 1. The van der Waals surface area contributed by atoms with E-state index < -0.39 is 10.0 Å². The van der Waals surface area contributed by atoms with Gasteiger partial charge in [-0.1, -0.05) is 24.6 Å². The number of Topliss-reactive ketones (excluding diaryl/α,β-unsaturated/α-hetero) is 1. The Morgan fingerprint density at radius 2 is 1.57 bits per heavy atom. The molecule has 0 bridgehead atoms. The molecule has 0 amide bonds. The Kier molecular flexibility index (Phi) is 4.43. The molecule has 0 aliphatic rings. The number of aryl methyl sites for hydroxylation is 1. The van der Waals surface area contributed by atoms with Gasteiger partial charge in [0, 0.05) is 17.7 Å². The highest BCUT2D eigenvalue weighted by Gasteiger charge is 2.14. The molecule has 2 aromatic rings. The Morgan fingerprint density at radius 1 is 1.00 bits per heavy atom. The molecule has 21 heavy (non-hydrogen) atoms. The maximum absolute atomic E-state index is 12.2. The minimum Gasteiger partial charge on any atom is -0.294 e. The largest absolute Gasteiger partial charge is 0.294 e. The molecule has 0 unspecified atom stereocenters. The van der Waals surface area contributed by atoms with E-state index in [2.05, 4.69) is 4.72 Å². The van der Waals surface area contributed by atoms with Crippen LogP contribution in [0.4, 0.5) is 5.69 Å². The van der Waals surface area contributed by atoms with Gasteiger partial charge < -0.3 is 0 Å². The topological polar surface area (TPSA) is 63.2 Å². The van der Waals surface area contributed by atoms with Gasteiger partial charge in [-0.05, 0) is 43.3 Å². The molecule has 0 radical (unpaired) electrons. The van der Waals surface area contributed by atoms with Gasteiger partial charge in [-0.3, -0.25) is 9.52 Å². The molecule has 0 atom stereocenters. The van der Waals surface area contributed by atoms with E-state index in [1.165, 1.54) is 0 Å². The lowest BCUT2D eigenvalue weighted by Gasteiger charge is -2.09. The van der Waals surface area contributed by atoms with Crippen LogP contribution in [0.15, 0.2) is 53.4 Å². The second-order valence-electron chi connectivity index (χ2n) is 4.77. The van der Waals surface area contributed by atoms with Crippen molar-refractivity contribution in [1.82, 2.24) is 0 Å². The first-order valence-corrected chi connectivity index (χ1v) is 8.13. The van der Waals surface area contributed by atoms with Crippen LogP contribution >= 0.6 is 0 Å². The molecule has 0 fully saturated rings. The predicted octanol–water partition coefficient (Wildman–Crippen LogP) is 3.39. The smallest absolute Gasteiger partial charge is 0.261 e. The molecule has 0 spiro atoms. The average molecular weight is 303 g/mol. The highest BCUT2D eigenvalue weighted by atomic mass is 32.2. The first-order chi connectivity index (χ1) is 9.92. The monoisotopic (exact) mass is 303 g/mol. The second-order valence-corrected chi connectivity index (χ2v) is 6.46. The van der Waals surface area contributed by atoms with Gasteiger partial charge in [0.2, 0.25) is 0 Å². The quantitative estimate of drug-likeness (QED) is 0.861. The number of hydrogen-bond donors (Lipinski definition) is 1. The van der Waals surface area contributed by atoms with Gasteiger partial charge in [0.05, 0.1) is 4.90 Å². The van der Waals surface area contributed by atoms with Crippen molar-refractivity contribution in [3.8, 4) is 0 Å². The number of rotatable bonds is 5. The van der Waals surface area contributed by atoms with Crippen molar-refractivity contribution in [2.24, 2.45) is 0 Å². The molecule has 0 saturated carbocycles. The number of hydrogen-bond acceptors (Lipinski definition) is 3. The Balaban J connectivity index is 2.20. The maximum atomic E-state index is 12.2. The van der Waals surface area contributed by atoms with Crippen LogP contribution in [-0.4, -0.2) is 14.2 Å². The van der Waals surface area contributed by atoms with Gasteiger partial charge >= 0.3 is 0 Å². The molecule has 2 aromatic carbocycles. The van der Waals surface area contributed by atoms with E-state index in [1.54, 1.807) is 55.5 Å². The molecule has 4 nitrogen and oxygen atoms in total. The summed E-state index contributed by atoms with van der Waals surface area (Å²) in [7, 11) is -3.60. The van der Waals surface area contributed by atoms with Crippen LogP contribution < -0.4 is 4.72 Å². The van der Waals surface area contributed by atoms with Crippen LogP contribution in [-0.2, 0) is 10.0 Å². The van der Waals surface area contributed by atoms with Crippen LogP contribution in [0.3, 0.4) is 0 Å². The zero-order valence-electron chi connectivity index (χ0n) is 12.0. The van der Waals surface area contributed by atoms with Crippen molar-refractivity contribution in [1.29, 1.82) is 0 Å². The van der Waals surface area contributed by atoms with E-state index in [9.17, 15) is 13.2 Å². The lowest BCUT2D eigenvalue weighted by Crippen LogP contribution is -2.13. The third-order valence-corrected chi connectivity index (χ3v) is 4.51. The van der Waals surface area contributed by atoms with Crippen molar-refractivity contribution >= 4 is 21.5 Å². The summed E-state index contributed by atoms with van der Waals surface area (Å²) in [6, 6.07) is 13.1. The van der Waals surface area contributed by atoms with Crippen LogP contribution in [0.1, 0.15) is 29.3 Å². The molecular weight excluding hydrogens is 286 g/mol. The lowest BCUT2D eigenvalue weighted by atomic mass is 10.1. The third-order valence-electron chi connectivity index (χ3n) is 3.11. The zero-order chi connectivity index (χ0) is 15.5.